The topological polar surface area (TPSA) is 71.2 Å². The summed E-state index contributed by atoms with van der Waals surface area (Å²) in [5.41, 5.74) is 7.36. The van der Waals surface area contributed by atoms with Crippen LogP contribution in [-0.4, -0.2) is 25.0 Å². The lowest BCUT2D eigenvalue weighted by Crippen LogP contribution is -2.14. The lowest BCUT2D eigenvalue weighted by atomic mass is 10.2. The average Bonchev–Trinajstić information content (AvgIpc) is 2.42. The molecule has 6 heteroatoms. The van der Waals surface area contributed by atoms with Gasteiger partial charge < -0.3 is 16.0 Å². The summed E-state index contributed by atoms with van der Waals surface area (Å²) in [5, 5.41) is 2.79. The second kappa shape index (κ2) is 5.92. The van der Waals surface area contributed by atoms with E-state index in [9.17, 15) is 4.79 Å². The number of anilines is 3. The Morgan fingerprint density at radius 1 is 1.30 bits per heavy atom. The Morgan fingerprint density at radius 3 is 2.65 bits per heavy atom. The van der Waals surface area contributed by atoms with E-state index in [2.05, 4.69) is 26.2 Å². The third-order valence-corrected chi connectivity index (χ3v) is 3.39. The number of nitrogens with one attached hydrogen (secondary N) is 1. The van der Waals surface area contributed by atoms with Gasteiger partial charge in [-0.1, -0.05) is 0 Å². The molecule has 0 unspecified atom stereocenters. The van der Waals surface area contributed by atoms with Gasteiger partial charge in [-0.3, -0.25) is 4.79 Å². The molecule has 0 aliphatic heterocycles. The van der Waals surface area contributed by atoms with Gasteiger partial charge in [-0.15, -0.1) is 0 Å². The molecule has 5 nitrogen and oxygen atoms in total. The Balaban J connectivity index is 2.17. The fraction of sp³-hybridized carbons (Fsp3) is 0.143. The Bertz CT molecular complexity index is 626. The Morgan fingerprint density at radius 2 is 2.05 bits per heavy atom. The van der Waals surface area contributed by atoms with Crippen LogP contribution in [0.4, 0.5) is 17.2 Å². The van der Waals surface area contributed by atoms with E-state index < -0.39 is 0 Å². The Hall–Kier alpha value is -2.08. The molecular weight excluding hydrogens is 320 g/mol. The molecule has 1 heterocycles. The highest BCUT2D eigenvalue weighted by atomic mass is 79.9. The Labute approximate surface area is 125 Å². The summed E-state index contributed by atoms with van der Waals surface area (Å²) in [6, 6.07) is 8.75. The number of nitrogens with two attached hydrogens (primary N) is 1. The fourth-order valence-corrected chi connectivity index (χ4v) is 2.07. The predicted octanol–water partition coefficient (Wildman–Crippen LogP) is 2.74. The third-order valence-electron chi connectivity index (χ3n) is 2.70. The summed E-state index contributed by atoms with van der Waals surface area (Å²) in [6.07, 6.45) is 1.62. The molecular formula is C14H15BrN4O. The second-order valence-electron chi connectivity index (χ2n) is 4.49. The van der Waals surface area contributed by atoms with Crippen LogP contribution in [0.25, 0.3) is 0 Å². The lowest BCUT2D eigenvalue weighted by Gasteiger charge is -2.12. The minimum atomic E-state index is -0.233. The van der Waals surface area contributed by atoms with Crippen molar-refractivity contribution < 1.29 is 4.79 Å². The van der Waals surface area contributed by atoms with Crippen LogP contribution in [0.1, 0.15) is 10.4 Å². The van der Waals surface area contributed by atoms with Crippen LogP contribution in [0.5, 0.6) is 0 Å². The number of carbonyl (C=O) groups is 1. The van der Waals surface area contributed by atoms with Crippen LogP contribution in [0, 0.1) is 0 Å². The summed E-state index contributed by atoms with van der Waals surface area (Å²) in [7, 11) is 3.81. The van der Waals surface area contributed by atoms with E-state index >= 15 is 0 Å². The maximum Gasteiger partial charge on any atom is 0.256 e. The largest absolute Gasteiger partial charge is 0.399 e. The van der Waals surface area contributed by atoms with E-state index in [1.54, 1.807) is 30.5 Å². The van der Waals surface area contributed by atoms with Gasteiger partial charge >= 0.3 is 0 Å². The molecule has 1 amide bonds. The van der Waals surface area contributed by atoms with Crippen LogP contribution in [0.3, 0.4) is 0 Å². The van der Waals surface area contributed by atoms with Gasteiger partial charge in [-0.2, -0.15) is 0 Å². The summed E-state index contributed by atoms with van der Waals surface area (Å²) < 4.78 is 0.696. The number of carbonyl (C=O) groups excluding carboxylic acids is 1. The van der Waals surface area contributed by atoms with Gasteiger partial charge in [0.15, 0.2) is 0 Å². The second-order valence-corrected chi connectivity index (χ2v) is 5.35. The van der Waals surface area contributed by atoms with Gasteiger partial charge in [-0.25, -0.2) is 4.98 Å². The summed E-state index contributed by atoms with van der Waals surface area (Å²) in [6.45, 7) is 0. The minimum absolute atomic E-state index is 0.233. The van der Waals surface area contributed by atoms with Crippen molar-refractivity contribution in [2.45, 2.75) is 0 Å². The fourth-order valence-electron chi connectivity index (χ4n) is 1.64. The first-order valence-electron chi connectivity index (χ1n) is 5.97. The van der Waals surface area contributed by atoms with Crippen molar-refractivity contribution in [2.75, 3.05) is 30.0 Å². The SMILES string of the molecule is CN(C)c1ccc(NC(=O)c2cc(N)ccc2Br)cn1. The number of amides is 1. The molecule has 0 radical (unpaired) electrons. The number of nitrogens with zero attached hydrogens (tertiary/aromatic N) is 2. The van der Waals surface area contributed by atoms with E-state index in [1.165, 1.54) is 0 Å². The number of hydrogen-bond donors (Lipinski definition) is 2. The maximum absolute atomic E-state index is 12.2. The molecule has 0 fully saturated rings. The normalized spacial score (nSPS) is 10.2. The molecule has 3 N–H and O–H groups in total. The third kappa shape index (κ3) is 3.27. The number of rotatable bonds is 3. The van der Waals surface area contributed by atoms with Crippen LogP contribution in [-0.2, 0) is 0 Å². The highest BCUT2D eigenvalue weighted by molar-refractivity contribution is 9.10. The van der Waals surface area contributed by atoms with Crippen molar-refractivity contribution in [2.24, 2.45) is 0 Å². The molecule has 0 spiro atoms. The number of hydrogen-bond acceptors (Lipinski definition) is 4. The quantitative estimate of drug-likeness (QED) is 0.846. The monoisotopic (exact) mass is 334 g/mol. The van der Waals surface area contributed by atoms with Gasteiger partial charge in [0.2, 0.25) is 0 Å². The maximum atomic E-state index is 12.2. The van der Waals surface area contributed by atoms with E-state index in [0.717, 1.165) is 5.82 Å². The van der Waals surface area contributed by atoms with Crippen molar-refractivity contribution in [3.05, 3.63) is 46.6 Å². The van der Waals surface area contributed by atoms with E-state index in [4.69, 9.17) is 5.73 Å². The molecule has 104 valence electrons. The molecule has 1 aromatic heterocycles. The zero-order valence-electron chi connectivity index (χ0n) is 11.2. The van der Waals surface area contributed by atoms with Crippen molar-refractivity contribution >= 4 is 39.0 Å². The first kappa shape index (κ1) is 14.3. The van der Waals surface area contributed by atoms with E-state index in [0.29, 0.717) is 21.4 Å². The Kier molecular flexibility index (Phi) is 4.24. The zero-order valence-corrected chi connectivity index (χ0v) is 12.8. The average molecular weight is 335 g/mol. The van der Waals surface area contributed by atoms with Gasteiger partial charge in [0.1, 0.15) is 5.82 Å². The van der Waals surface area contributed by atoms with Crippen LogP contribution in [0.2, 0.25) is 0 Å². The summed E-state index contributed by atoms with van der Waals surface area (Å²) >= 11 is 3.34. The van der Waals surface area contributed by atoms with Gasteiger partial charge in [0.25, 0.3) is 5.91 Å². The lowest BCUT2D eigenvalue weighted by molar-refractivity contribution is 0.102. The molecule has 0 aliphatic carbocycles. The standard InChI is InChI=1S/C14H15BrN4O/c1-19(2)13-6-4-10(8-17-13)18-14(20)11-7-9(16)3-5-12(11)15/h3-8H,16H2,1-2H3,(H,18,20). The number of halogens is 1. The molecule has 2 aromatic rings. The van der Waals surface area contributed by atoms with Crippen molar-refractivity contribution in [3.63, 3.8) is 0 Å². The van der Waals surface area contributed by atoms with Gasteiger partial charge in [-0.05, 0) is 46.3 Å². The molecule has 0 bridgehead atoms. The first-order chi connectivity index (χ1) is 9.47. The summed E-state index contributed by atoms with van der Waals surface area (Å²) in [4.78, 5) is 18.3. The van der Waals surface area contributed by atoms with Crippen molar-refractivity contribution in [1.82, 2.24) is 4.98 Å². The van der Waals surface area contributed by atoms with Crippen molar-refractivity contribution in [1.29, 1.82) is 0 Å². The molecule has 0 saturated carbocycles. The minimum Gasteiger partial charge on any atom is -0.399 e. The smallest absolute Gasteiger partial charge is 0.256 e. The van der Waals surface area contributed by atoms with E-state index in [-0.39, 0.29) is 5.91 Å². The number of benzene rings is 1. The summed E-state index contributed by atoms with van der Waals surface area (Å²) in [5.74, 6) is 0.594. The van der Waals surface area contributed by atoms with Gasteiger partial charge in [0, 0.05) is 24.3 Å². The van der Waals surface area contributed by atoms with Crippen molar-refractivity contribution in [3.8, 4) is 0 Å². The molecule has 0 aliphatic rings. The molecule has 2 rings (SSSR count). The van der Waals surface area contributed by atoms with Crippen LogP contribution >= 0.6 is 15.9 Å². The predicted molar refractivity (Wildman–Crippen MR) is 85.1 cm³/mol. The number of nitrogen functional groups attached to an aromatic ring is 1. The van der Waals surface area contributed by atoms with Gasteiger partial charge in [0.05, 0.1) is 17.4 Å². The first-order valence-corrected chi connectivity index (χ1v) is 6.76. The molecule has 1 aromatic carbocycles. The van der Waals surface area contributed by atoms with E-state index in [1.807, 2.05) is 25.1 Å². The molecule has 0 atom stereocenters. The molecule has 20 heavy (non-hydrogen) atoms. The number of pyridine rings is 1. The molecule has 0 saturated heterocycles. The highest BCUT2D eigenvalue weighted by Gasteiger charge is 2.11. The zero-order chi connectivity index (χ0) is 14.7. The van der Waals surface area contributed by atoms with Crippen LogP contribution in [0.15, 0.2) is 41.0 Å². The number of aromatic nitrogens is 1. The van der Waals surface area contributed by atoms with Crippen LogP contribution < -0.4 is 16.0 Å². The highest BCUT2D eigenvalue weighted by Crippen LogP contribution is 2.21.